The first-order valence-corrected chi connectivity index (χ1v) is 3.47. The van der Waals surface area contributed by atoms with E-state index in [1.54, 1.807) is 7.05 Å². The zero-order valence-electron chi connectivity index (χ0n) is 6.90. The Morgan fingerprint density at radius 2 is 2.38 bits per heavy atom. The van der Waals surface area contributed by atoms with E-state index in [2.05, 4.69) is 15.3 Å². The molecule has 68 valence electrons. The number of aromatic carboxylic acids is 1. The van der Waals surface area contributed by atoms with Crippen molar-refractivity contribution in [1.29, 1.82) is 5.41 Å². The molecular formula is C7H8N4O2. The van der Waals surface area contributed by atoms with Gasteiger partial charge < -0.3 is 15.8 Å². The molecule has 6 heteroatoms. The molecule has 0 fully saturated rings. The van der Waals surface area contributed by atoms with E-state index < -0.39 is 5.97 Å². The van der Waals surface area contributed by atoms with E-state index in [-0.39, 0.29) is 11.3 Å². The fourth-order valence-electron chi connectivity index (χ4n) is 0.902. The van der Waals surface area contributed by atoms with Crippen molar-refractivity contribution >= 4 is 18.0 Å². The van der Waals surface area contributed by atoms with E-state index in [4.69, 9.17) is 10.5 Å². The number of carboxylic acids is 1. The predicted octanol–water partition coefficient (Wildman–Crippen LogP) is 0.214. The fraction of sp³-hybridized carbons (Fsp3) is 0.143. The van der Waals surface area contributed by atoms with Crippen LogP contribution in [0.25, 0.3) is 0 Å². The summed E-state index contributed by atoms with van der Waals surface area (Å²) in [6.07, 6.45) is 2.05. The highest BCUT2D eigenvalue weighted by Crippen LogP contribution is 2.11. The molecule has 1 aromatic heterocycles. The third-order valence-electron chi connectivity index (χ3n) is 1.47. The highest BCUT2D eigenvalue weighted by atomic mass is 16.4. The molecule has 0 aliphatic heterocycles. The number of anilines is 1. The Morgan fingerprint density at radius 1 is 1.69 bits per heavy atom. The predicted molar refractivity (Wildman–Crippen MR) is 46.4 cm³/mol. The normalized spacial score (nSPS) is 9.31. The van der Waals surface area contributed by atoms with Gasteiger partial charge in [0.05, 0.1) is 5.56 Å². The standard InChI is InChI=1S/C7H8N4O2/c1-9-6-4(2-8)5(7(12)13)10-3-11-6/h2-3,8H,1H3,(H,12,13)(H,9,10,11). The second-order valence-corrected chi connectivity index (χ2v) is 2.18. The van der Waals surface area contributed by atoms with Gasteiger partial charge in [0, 0.05) is 13.3 Å². The molecule has 1 aromatic rings. The van der Waals surface area contributed by atoms with E-state index >= 15 is 0 Å². The third-order valence-corrected chi connectivity index (χ3v) is 1.47. The molecular weight excluding hydrogens is 172 g/mol. The van der Waals surface area contributed by atoms with Crippen LogP contribution in [-0.2, 0) is 0 Å². The Balaban J connectivity index is 3.35. The quantitative estimate of drug-likeness (QED) is 0.577. The minimum Gasteiger partial charge on any atom is -0.476 e. The van der Waals surface area contributed by atoms with Crippen LogP contribution in [0, 0.1) is 5.41 Å². The summed E-state index contributed by atoms with van der Waals surface area (Å²) in [7, 11) is 1.60. The van der Waals surface area contributed by atoms with Gasteiger partial charge in [0.2, 0.25) is 0 Å². The lowest BCUT2D eigenvalue weighted by molar-refractivity contribution is 0.0690. The van der Waals surface area contributed by atoms with Gasteiger partial charge >= 0.3 is 5.97 Å². The molecule has 3 N–H and O–H groups in total. The van der Waals surface area contributed by atoms with Gasteiger partial charge in [0.1, 0.15) is 12.1 Å². The van der Waals surface area contributed by atoms with E-state index in [0.717, 1.165) is 12.5 Å². The molecule has 0 unspecified atom stereocenters. The maximum Gasteiger partial charge on any atom is 0.355 e. The number of nitrogens with one attached hydrogen (secondary N) is 2. The molecule has 0 aliphatic carbocycles. The Morgan fingerprint density at radius 3 is 2.85 bits per heavy atom. The minimum absolute atomic E-state index is 0.172. The number of rotatable bonds is 3. The Kier molecular flexibility index (Phi) is 2.53. The molecule has 13 heavy (non-hydrogen) atoms. The molecule has 0 aromatic carbocycles. The van der Waals surface area contributed by atoms with Crippen LogP contribution < -0.4 is 5.32 Å². The SMILES string of the molecule is CNc1ncnc(C(=O)O)c1C=N. The zero-order chi connectivity index (χ0) is 9.84. The van der Waals surface area contributed by atoms with Gasteiger partial charge in [-0.15, -0.1) is 0 Å². The first-order chi connectivity index (χ1) is 6.20. The molecule has 0 saturated heterocycles. The topological polar surface area (TPSA) is 99.0 Å². The van der Waals surface area contributed by atoms with Crippen molar-refractivity contribution in [3.8, 4) is 0 Å². The van der Waals surface area contributed by atoms with Gasteiger partial charge in [-0.2, -0.15) is 0 Å². The van der Waals surface area contributed by atoms with Gasteiger partial charge in [-0.3, -0.25) is 0 Å². The van der Waals surface area contributed by atoms with E-state index in [9.17, 15) is 4.79 Å². The lowest BCUT2D eigenvalue weighted by Crippen LogP contribution is -2.09. The number of carbonyl (C=O) groups is 1. The first kappa shape index (κ1) is 9.11. The third kappa shape index (κ3) is 1.61. The fourth-order valence-corrected chi connectivity index (χ4v) is 0.902. The number of nitrogens with zero attached hydrogens (tertiary/aromatic N) is 2. The van der Waals surface area contributed by atoms with Crippen molar-refractivity contribution in [2.24, 2.45) is 0 Å². The summed E-state index contributed by atoms with van der Waals surface area (Å²) >= 11 is 0. The summed E-state index contributed by atoms with van der Waals surface area (Å²) in [5, 5.41) is 18.4. The maximum absolute atomic E-state index is 10.6. The van der Waals surface area contributed by atoms with Crippen molar-refractivity contribution in [1.82, 2.24) is 9.97 Å². The zero-order valence-corrected chi connectivity index (χ0v) is 6.90. The van der Waals surface area contributed by atoms with Gasteiger partial charge in [0.15, 0.2) is 5.69 Å². The van der Waals surface area contributed by atoms with Crippen LogP contribution in [0.3, 0.4) is 0 Å². The van der Waals surface area contributed by atoms with Gasteiger partial charge in [-0.1, -0.05) is 0 Å². The highest BCUT2D eigenvalue weighted by molar-refractivity contribution is 5.99. The summed E-state index contributed by atoms with van der Waals surface area (Å²) in [4.78, 5) is 18.0. The molecule has 0 radical (unpaired) electrons. The molecule has 0 atom stereocenters. The van der Waals surface area contributed by atoms with E-state index in [1.807, 2.05) is 0 Å². The highest BCUT2D eigenvalue weighted by Gasteiger charge is 2.13. The van der Waals surface area contributed by atoms with Crippen molar-refractivity contribution < 1.29 is 9.90 Å². The average Bonchev–Trinajstić information content (AvgIpc) is 2.16. The summed E-state index contributed by atoms with van der Waals surface area (Å²) < 4.78 is 0. The Bertz CT molecular complexity index is 350. The number of aromatic nitrogens is 2. The van der Waals surface area contributed by atoms with Crippen LogP contribution in [-0.4, -0.2) is 34.3 Å². The molecule has 6 nitrogen and oxygen atoms in total. The van der Waals surface area contributed by atoms with Crippen molar-refractivity contribution in [2.45, 2.75) is 0 Å². The largest absolute Gasteiger partial charge is 0.476 e. The van der Waals surface area contributed by atoms with Crippen molar-refractivity contribution in [3.63, 3.8) is 0 Å². The second kappa shape index (κ2) is 3.61. The summed E-state index contributed by atoms with van der Waals surface area (Å²) in [6.45, 7) is 0. The lowest BCUT2D eigenvalue weighted by atomic mass is 10.2. The van der Waals surface area contributed by atoms with Crippen molar-refractivity contribution in [3.05, 3.63) is 17.6 Å². The van der Waals surface area contributed by atoms with Crippen LogP contribution in [0.1, 0.15) is 16.1 Å². The van der Waals surface area contributed by atoms with Crippen LogP contribution in [0.15, 0.2) is 6.33 Å². The van der Waals surface area contributed by atoms with Gasteiger partial charge in [-0.05, 0) is 0 Å². The average molecular weight is 180 g/mol. The number of hydrogen-bond donors (Lipinski definition) is 3. The van der Waals surface area contributed by atoms with E-state index in [0.29, 0.717) is 5.82 Å². The molecule has 0 aliphatic rings. The number of carboxylic acid groups (broad SMARTS) is 1. The number of hydrogen-bond acceptors (Lipinski definition) is 5. The Labute approximate surface area is 74.2 Å². The molecule has 0 bridgehead atoms. The summed E-state index contributed by atoms with van der Waals surface area (Å²) in [5.74, 6) is -0.834. The minimum atomic E-state index is -1.17. The lowest BCUT2D eigenvalue weighted by Gasteiger charge is -2.04. The smallest absolute Gasteiger partial charge is 0.355 e. The molecule has 0 spiro atoms. The van der Waals surface area contributed by atoms with Gasteiger partial charge in [0.25, 0.3) is 0 Å². The van der Waals surface area contributed by atoms with Crippen LogP contribution in [0.5, 0.6) is 0 Å². The monoisotopic (exact) mass is 180 g/mol. The van der Waals surface area contributed by atoms with Crippen molar-refractivity contribution in [2.75, 3.05) is 12.4 Å². The molecule has 1 rings (SSSR count). The second-order valence-electron chi connectivity index (χ2n) is 2.18. The Hall–Kier alpha value is -1.98. The summed E-state index contributed by atoms with van der Waals surface area (Å²) in [6, 6.07) is 0. The maximum atomic E-state index is 10.6. The summed E-state index contributed by atoms with van der Waals surface area (Å²) in [5.41, 5.74) is 0.00634. The van der Waals surface area contributed by atoms with Crippen LogP contribution in [0.2, 0.25) is 0 Å². The van der Waals surface area contributed by atoms with E-state index in [1.165, 1.54) is 0 Å². The molecule has 0 amide bonds. The first-order valence-electron chi connectivity index (χ1n) is 3.47. The molecule has 0 saturated carbocycles. The molecule has 1 heterocycles. The van der Waals surface area contributed by atoms with Crippen LogP contribution in [0.4, 0.5) is 5.82 Å². The van der Waals surface area contributed by atoms with Gasteiger partial charge in [-0.25, -0.2) is 14.8 Å². The van der Waals surface area contributed by atoms with Crippen LogP contribution >= 0.6 is 0 Å².